The Morgan fingerprint density at radius 3 is 1.39 bits per heavy atom. The van der Waals surface area contributed by atoms with E-state index in [1.54, 1.807) is 6.08 Å². The van der Waals surface area contributed by atoms with Gasteiger partial charge in [0.15, 0.2) is 6.10 Å². The molecule has 0 aromatic heterocycles. The molecule has 242 valence electrons. The largest absolute Gasteiger partial charge is 0.547 e. The van der Waals surface area contributed by atoms with Crippen LogP contribution >= 0.6 is 0 Å². The fourth-order valence-corrected chi connectivity index (χ4v) is 4.24. The molecule has 0 unspecified atom stereocenters. The second-order valence-corrected chi connectivity index (χ2v) is 10.8. The van der Waals surface area contributed by atoms with Gasteiger partial charge in [-0.05, 0) is 38.0 Å². The molecule has 0 spiro atoms. The van der Waals surface area contributed by atoms with Gasteiger partial charge >= 0.3 is 0 Å². The molecule has 0 saturated heterocycles. The summed E-state index contributed by atoms with van der Waals surface area (Å²) in [5.41, 5.74) is 3.68. The first-order valence-corrected chi connectivity index (χ1v) is 16.1. The normalized spacial score (nSPS) is 14.4. The van der Waals surface area contributed by atoms with Crippen molar-refractivity contribution >= 4 is 11.9 Å². The van der Waals surface area contributed by atoms with Gasteiger partial charge in [-0.25, -0.2) is 0 Å². The van der Waals surface area contributed by atoms with Crippen molar-refractivity contribution in [3.8, 4) is 0 Å². The van der Waals surface area contributed by atoms with Gasteiger partial charge in [0, 0.05) is 0 Å². The number of aliphatic carboxylic acids is 1. The lowest BCUT2D eigenvalue weighted by atomic mass is 10.0. The number of carbonyl (C=O) groups excluding carboxylic acids is 2. The predicted molar refractivity (Wildman–Crippen MR) is 162 cm³/mol. The van der Waals surface area contributed by atoms with Crippen molar-refractivity contribution in [2.75, 3.05) is 0 Å². The van der Waals surface area contributed by atoms with Gasteiger partial charge in [-0.1, -0.05) is 123 Å². The van der Waals surface area contributed by atoms with Crippen LogP contribution in [0.25, 0.3) is 0 Å². The summed E-state index contributed by atoms with van der Waals surface area (Å²) in [5, 5.41) is 50.2. The number of carbonyl (C=O) groups is 2. The molecular weight excluding hydrogens is 524 g/mol. The Morgan fingerprint density at radius 2 is 1.00 bits per heavy atom. The molecule has 0 rings (SSSR count). The molecule has 9 nitrogen and oxygen atoms in total. The maximum atomic E-state index is 11.6. The van der Waals surface area contributed by atoms with E-state index < -0.39 is 36.3 Å². The quantitative estimate of drug-likeness (QED) is 0.0841. The maximum absolute atomic E-state index is 11.6. The van der Waals surface area contributed by atoms with Crippen LogP contribution in [0.5, 0.6) is 0 Å². The van der Waals surface area contributed by atoms with Gasteiger partial charge in [-0.2, -0.15) is 0 Å². The van der Waals surface area contributed by atoms with Crippen molar-refractivity contribution in [3.63, 3.8) is 0 Å². The summed E-state index contributed by atoms with van der Waals surface area (Å²) in [6.45, 7) is 4.47. The molecule has 8 N–H and O–H groups in total. The van der Waals surface area contributed by atoms with Crippen LogP contribution in [0.3, 0.4) is 0 Å². The van der Waals surface area contributed by atoms with Gasteiger partial charge in [-0.3, -0.25) is 4.79 Å². The summed E-state index contributed by atoms with van der Waals surface area (Å²) in [6, 6.07) is 0. The van der Waals surface area contributed by atoms with Gasteiger partial charge < -0.3 is 41.4 Å². The molecule has 0 bridgehead atoms. The van der Waals surface area contributed by atoms with Crippen molar-refractivity contribution in [2.45, 2.75) is 167 Å². The number of aliphatic hydroxyl groups excluding tert-OH is 4. The van der Waals surface area contributed by atoms with Crippen LogP contribution in [-0.4, -0.2) is 56.7 Å². The van der Waals surface area contributed by atoms with Gasteiger partial charge in [0.2, 0.25) is 0 Å². The highest BCUT2D eigenvalue weighted by molar-refractivity contribution is 5.82. The van der Waals surface area contributed by atoms with E-state index in [1.165, 1.54) is 115 Å². The van der Waals surface area contributed by atoms with Crippen LogP contribution in [0.2, 0.25) is 0 Å². The molecule has 0 aliphatic carbocycles. The highest BCUT2D eigenvalue weighted by Gasteiger charge is 2.34. The first-order valence-electron chi connectivity index (χ1n) is 16.1. The van der Waals surface area contributed by atoms with E-state index in [1.807, 2.05) is 6.20 Å². The minimum atomic E-state index is -2.41. The van der Waals surface area contributed by atoms with Crippen molar-refractivity contribution in [1.82, 2.24) is 5.32 Å². The topological polar surface area (TPSA) is 178 Å². The van der Waals surface area contributed by atoms with Crippen LogP contribution < -0.4 is 16.2 Å². The van der Waals surface area contributed by atoms with Crippen LogP contribution in [0.4, 0.5) is 0 Å². The SMILES string of the molecule is CCCCCCCCCCCC=CNC(=O)[C@@H](O)[C@H](O)[C@@H](O)[C@@H](O)C(=O)[O-].CCCCCCCCCCCC=C[NH3+]. The Labute approximate surface area is 249 Å². The number of nitrogens with one attached hydrogen (secondary N) is 1. The number of hydrogen-bond acceptors (Lipinski definition) is 7. The maximum Gasteiger partial charge on any atom is 0.255 e. The Bertz CT molecular complexity index is 658. The summed E-state index contributed by atoms with van der Waals surface area (Å²) in [7, 11) is 0. The Kier molecular flexibility index (Phi) is 31.4. The zero-order valence-corrected chi connectivity index (χ0v) is 26.0. The highest BCUT2D eigenvalue weighted by atomic mass is 16.4. The number of carboxylic acids is 1. The third-order valence-corrected chi connectivity index (χ3v) is 6.97. The van der Waals surface area contributed by atoms with Crippen molar-refractivity contribution in [1.29, 1.82) is 0 Å². The Balaban J connectivity index is 0. The molecule has 0 aromatic carbocycles. The molecule has 1 amide bonds. The predicted octanol–water partition coefficient (Wildman–Crippen LogP) is 3.39. The number of allylic oxidation sites excluding steroid dienone is 2. The van der Waals surface area contributed by atoms with E-state index in [4.69, 9.17) is 5.11 Å². The van der Waals surface area contributed by atoms with E-state index in [2.05, 4.69) is 31.0 Å². The van der Waals surface area contributed by atoms with Crippen LogP contribution in [0.1, 0.15) is 142 Å². The smallest absolute Gasteiger partial charge is 0.255 e. The zero-order chi connectivity index (χ0) is 31.1. The number of hydrogen-bond donors (Lipinski definition) is 6. The van der Waals surface area contributed by atoms with E-state index in [9.17, 15) is 30.0 Å². The van der Waals surface area contributed by atoms with Gasteiger partial charge in [0.05, 0.1) is 12.2 Å². The third kappa shape index (κ3) is 26.8. The average molecular weight is 587 g/mol. The molecule has 0 fully saturated rings. The number of unbranched alkanes of at least 4 members (excludes halogenated alkanes) is 18. The minimum Gasteiger partial charge on any atom is -0.547 e. The summed E-state index contributed by atoms with van der Waals surface area (Å²) in [5.74, 6) is -3.04. The first kappa shape index (κ1) is 41.4. The molecule has 0 aliphatic rings. The Morgan fingerprint density at radius 1 is 0.634 bits per heavy atom. The van der Waals surface area contributed by atoms with Crippen LogP contribution in [0, 0.1) is 0 Å². The van der Waals surface area contributed by atoms with E-state index in [0.717, 1.165) is 19.3 Å². The molecule has 4 atom stereocenters. The van der Waals surface area contributed by atoms with Gasteiger partial charge in [-0.15, -0.1) is 0 Å². The van der Waals surface area contributed by atoms with E-state index in [0.29, 0.717) is 0 Å². The summed E-state index contributed by atoms with van der Waals surface area (Å²) in [6.07, 6.45) is 23.8. The standard InChI is InChI=1S/C19H35NO7.C13H27N/c1-2-3-4-5-6-7-8-9-10-11-12-13-20-18(25)16(23)14(21)15(22)17(24)19(26)27;1-2-3-4-5-6-7-8-9-10-11-12-13-14/h12-17,21-24H,2-11H2,1H3,(H,20,25)(H,26,27);12-13H,2-11,14H2,1H3/t14-,15-,16+,17-;/m1./s1. The molecule has 9 heteroatoms. The lowest BCUT2D eigenvalue weighted by Gasteiger charge is -2.25. The van der Waals surface area contributed by atoms with Crippen molar-refractivity contribution in [3.05, 3.63) is 24.6 Å². The number of carboxylic acid groups (broad SMARTS) is 1. The number of rotatable bonds is 26. The summed E-state index contributed by atoms with van der Waals surface area (Å²) in [4.78, 5) is 22.0. The number of aliphatic hydroxyl groups is 4. The molecule has 0 heterocycles. The lowest BCUT2D eigenvalue weighted by molar-refractivity contribution is -0.320. The number of quaternary nitrogens is 1. The van der Waals surface area contributed by atoms with E-state index in [-0.39, 0.29) is 0 Å². The first-order chi connectivity index (χ1) is 19.7. The zero-order valence-electron chi connectivity index (χ0n) is 26.0. The number of amides is 1. The summed E-state index contributed by atoms with van der Waals surface area (Å²) >= 11 is 0. The minimum absolute atomic E-state index is 0.751. The summed E-state index contributed by atoms with van der Waals surface area (Å²) < 4.78 is 0. The molecule has 0 aliphatic heterocycles. The van der Waals surface area contributed by atoms with Crippen LogP contribution in [-0.2, 0) is 9.59 Å². The molecule has 0 aromatic rings. The van der Waals surface area contributed by atoms with Gasteiger partial charge in [0.1, 0.15) is 18.3 Å². The molecular formula is C32H62N2O7. The molecule has 0 radical (unpaired) electrons. The Hall–Kier alpha value is -1.78. The lowest BCUT2D eigenvalue weighted by Crippen LogP contribution is -2.54. The second kappa shape index (κ2) is 31.2. The molecule has 0 saturated carbocycles. The van der Waals surface area contributed by atoms with Crippen molar-refractivity contribution < 1.29 is 40.9 Å². The average Bonchev–Trinajstić information content (AvgIpc) is 2.97. The fraction of sp³-hybridized carbons (Fsp3) is 0.812. The molecule has 41 heavy (non-hydrogen) atoms. The van der Waals surface area contributed by atoms with Crippen molar-refractivity contribution in [2.24, 2.45) is 0 Å². The van der Waals surface area contributed by atoms with Crippen LogP contribution in [0.15, 0.2) is 24.6 Å². The monoisotopic (exact) mass is 586 g/mol. The van der Waals surface area contributed by atoms with Gasteiger partial charge in [0.25, 0.3) is 5.91 Å². The third-order valence-electron chi connectivity index (χ3n) is 6.97. The second-order valence-electron chi connectivity index (χ2n) is 10.8. The van der Waals surface area contributed by atoms with E-state index >= 15 is 0 Å². The fourth-order valence-electron chi connectivity index (χ4n) is 4.24. The highest BCUT2D eigenvalue weighted by Crippen LogP contribution is 2.12.